The molecule has 0 bridgehead atoms. The molecule has 0 aliphatic rings. The van der Waals surface area contributed by atoms with Gasteiger partial charge in [0, 0.05) is 6.54 Å². The molecule has 0 saturated heterocycles. The number of hydrogen-bond donors (Lipinski definition) is 1. The number of hydrogen-bond acceptors (Lipinski definition) is 3. The fourth-order valence-electron chi connectivity index (χ4n) is 1.53. The molecule has 0 spiro atoms. The highest BCUT2D eigenvalue weighted by atomic mass is 15.1. The summed E-state index contributed by atoms with van der Waals surface area (Å²) < 4.78 is 1.75. The van der Waals surface area contributed by atoms with Crippen LogP contribution in [0.15, 0.2) is 30.6 Å². The van der Waals surface area contributed by atoms with Crippen LogP contribution in [0.1, 0.15) is 16.8 Å². The van der Waals surface area contributed by atoms with Crippen LogP contribution in [0.25, 0.3) is 0 Å². The fourth-order valence-corrected chi connectivity index (χ4v) is 1.53. The van der Waals surface area contributed by atoms with Crippen LogP contribution in [-0.4, -0.2) is 9.55 Å². The Bertz CT molecular complexity index is 531. The molecule has 0 radical (unpaired) electrons. The zero-order valence-electron chi connectivity index (χ0n) is 9.01. The van der Waals surface area contributed by atoms with E-state index in [0.717, 1.165) is 5.56 Å². The molecule has 4 nitrogen and oxygen atoms in total. The van der Waals surface area contributed by atoms with Crippen LogP contribution >= 0.6 is 0 Å². The molecule has 1 aromatic carbocycles. The maximum Gasteiger partial charge on any atom is 0.164 e. The summed E-state index contributed by atoms with van der Waals surface area (Å²) in [7, 11) is 0. The lowest BCUT2D eigenvalue weighted by Crippen LogP contribution is -2.02. The molecule has 0 aliphatic heterocycles. The maximum absolute atomic E-state index is 8.92. The van der Waals surface area contributed by atoms with Crippen LogP contribution in [0, 0.1) is 18.3 Å². The molecule has 16 heavy (non-hydrogen) atoms. The van der Waals surface area contributed by atoms with E-state index in [4.69, 9.17) is 11.0 Å². The Kier molecular flexibility index (Phi) is 2.61. The summed E-state index contributed by atoms with van der Waals surface area (Å²) in [5.41, 5.74) is 8.33. The molecule has 0 atom stereocenters. The van der Waals surface area contributed by atoms with E-state index in [1.54, 1.807) is 10.9 Å². The summed E-state index contributed by atoms with van der Waals surface area (Å²) in [6, 6.07) is 10.2. The third-order valence-electron chi connectivity index (χ3n) is 2.45. The highest BCUT2D eigenvalue weighted by molar-refractivity contribution is 5.44. The minimum atomic E-state index is 0.287. The topological polar surface area (TPSA) is 67.6 Å². The fraction of sp³-hybridized carbons (Fsp3) is 0.167. The van der Waals surface area contributed by atoms with Gasteiger partial charge >= 0.3 is 0 Å². The lowest BCUT2D eigenvalue weighted by atomic mass is 10.1. The van der Waals surface area contributed by atoms with Gasteiger partial charge < -0.3 is 10.3 Å². The molecule has 2 aromatic rings. The van der Waals surface area contributed by atoms with Crippen molar-refractivity contribution in [3.05, 3.63) is 47.4 Å². The Morgan fingerprint density at radius 2 is 2.06 bits per heavy atom. The summed E-state index contributed by atoms with van der Waals surface area (Å²) in [4.78, 5) is 3.92. The van der Waals surface area contributed by atoms with Gasteiger partial charge in [-0.2, -0.15) is 5.26 Å². The predicted octanol–water partition coefficient (Wildman–Crippen LogP) is 1.69. The van der Waals surface area contributed by atoms with Crippen LogP contribution in [0.3, 0.4) is 0 Å². The van der Waals surface area contributed by atoms with Crippen LogP contribution in [-0.2, 0) is 6.54 Å². The summed E-state index contributed by atoms with van der Waals surface area (Å²) in [6.45, 7) is 2.66. The molecule has 2 N–H and O–H groups in total. The number of rotatable bonds is 2. The number of nitrogen functional groups attached to an aromatic ring is 1. The van der Waals surface area contributed by atoms with Crippen molar-refractivity contribution in [2.24, 2.45) is 0 Å². The molecule has 2 rings (SSSR count). The second-order valence-electron chi connectivity index (χ2n) is 3.70. The Morgan fingerprint density at radius 1 is 1.38 bits per heavy atom. The Hall–Kier alpha value is -2.28. The second-order valence-corrected chi connectivity index (χ2v) is 3.70. The number of aromatic nitrogens is 2. The molecule has 0 amide bonds. The second kappa shape index (κ2) is 4.07. The SMILES string of the molecule is Cc1ccc(Cn2cnc(N)c2C#N)cc1. The molecule has 4 heteroatoms. The highest BCUT2D eigenvalue weighted by Gasteiger charge is 2.07. The molecular formula is C12H12N4. The monoisotopic (exact) mass is 212 g/mol. The van der Waals surface area contributed by atoms with Crippen molar-refractivity contribution in [1.82, 2.24) is 9.55 Å². The van der Waals surface area contributed by atoms with Gasteiger partial charge in [-0.15, -0.1) is 0 Å². The van der Waals surface area contributed by atoms with Crippen LogP contribution < -0.4 is 5.73 Å². The quantitative estimate of drug-likeness (QED) is 0.823. The Labute approximate surface area is 94.0 Å². The zero-order valence-corrected chi connectivity index (χ0v) is 9.01. The van der Waals surface area contributed by atoms with E-state index in [-0.39, 0.29) is 5.82 Å². The van der Waals surface area contributed by atoms with Crippen molar-refractivity contribution in [3.63, 3.8) is 0 Å². The average molecular weight is 212 g/mol. The summed E-state index contributed by atoms with van der Waals surface area (Å²) in [5.74, 6) is 0.287. The molecule has 0 saturated carbocycles. The van der Waals surface area contributed by atoms with Gasteiger partial charge in [0.2, 0.25) is 0 Å². The van der Waals surface area contributed by atoms with Gasteiger partial charge in [0.15, 0.2) is 11.5 Å². The van der Waals surface area contributed by atoms with E-state index in [0.29, 0.717) is 12.2 Å². The Morgan fingerprint density at radius 3 is 2.69 bits per heavy atom. The van der Waals surface area contributed by atoms with Gasteiger partial charge in [0.05, 0.1) is 6.33 Å². The average Bonchev–Trinajstić information content (AvgIpc) is 2.63. The van der Waals surface area contributed by atoms with Crippen molar-refractivity contribution in [2.45, 2.75) is 13.5 Å². The highest BCUT2D eigenvalue weighted by Crippen LogP contribution is 2.11. The molecule has 0 aliphatic carbocycles. The van der Waals surface area contributed by atoms with E-state index in [1.165, 1.54) is 5.56 Å². The molecule has 1 aromatic heterocycles. The van der Waals surface area contributed by atoms with Crippen LogP contribution in [0.2, 0.25) is 0 Å². The number of imidazole rings is 1. The lowest BCUT2D eigenvalue weighted by molar-refractivity contribution is 0.786. The lowest BCUT2D eigenvalue weighted by Gasteiger charge is -2.04. The predicted molar refractivity (Wildman–Crippen MR) is 61.6 cm³/mol. The van der Waals surface area contributed by atoms with E-state index in [2.05, 4.69) is 11.1 Å². The van der Waals surface area contributed by atoms with E-state index in [1.807, 2.05) is 31.2 Å². The first-order valence-corrected chi connectivity index (χ1v) is 4.97. The third-order valence-corrected chi connectivity index (χ3v) is 2.45. The molecule has 0 fully saturated rings. The number of aryl methyl sites for hydroxylation is 1. The summed E-state index contributed by atoms with van der Waals surface area (Å²) in [6.07, 6.45) is 1.59. The van der Waals surface area contributed by atoms with Gasteiger partial charge in [0.1, 0.15) is 6.07 Å². The van der Waals surface area contributed by atoms with Crippen molar-refractivity contribution >= 4 is 5.82 Å². The number of nitrogens with two attached hydrogens (primary N) is 1. The van der Waals surface area contributed by atoms with Crippen molar-refractivity contribution in [1.29, 1.82) is 5.26 Å². The molecule has 80 valence electrons. The van der Waals surface area contributed by atoms with Gasteiger partial charge in [-0.3, -0.25) is 0 Å². The van der Waals surface area contributed by atoms with E-state index < -0.39 is 0 Å². The molecule has 0 unspecified atom stereocenters. The van der Waals surface area contributed by atoms with Gasteiger partial charge in [0.25, 0.3) is 0 Å². The van der Waals surface area contributed by atoms with E-state index >= 15 is 0 Å². The van der Waals surface area contributed by atoms with Gasteiger partial charge in [-0.25, -0.2) is 4.98 Å². The number of nitrogens with zero attached hydrogens (tertiary/aromatic N) is 3. The maximum atomic E-state index is 8.92. The minimum Gasteiger partial charge on any atom is -0.381 e. The van der Waals surface area contributed by atoms with Crippen molar-refractivity contribution in [3.8, 4) is 6.07 Å². The largest absolute Gasteiger partial charge is 0.381 e. The smallest absolute Gasteiger partial charge is 0.164 e. The molecular weight excluding hydrogens is 200 g/mol. The number of anilines is 1. The van der Waals surface area contributed by atoms with Gasteiger partial charge in [-0.1, -0.05) is 29.8 Å². The van der Waals surface area contributed by atoms with E-state index in [9.17, 15) is 0 Å². The first-order valence-electron chi connectivity index (χ1n) is 4.97. The van der Waals surface area contributed by atoms with Gasteiger partial charge in [-0.05, 0) is 12.5 Å². The zero-order chi connectivity index (χ0) is 11.5. The van der Waals surface area contributed by atoms with Crippen molar-refractivity contribution in [2.75, 3.05) is 5.73 Å². The summed E-state index contributed by atoms with van der Waals surface area (Å²) >= 11 is 0. The first-order chi connectivity index (χ1) is 7.70. The normalized spacial score (nSPS) is 10.0. The third kappa shape index (κ3) is 1.89. The van der Waals surface area contributed by atoms with Crippen molar-refractivity contribution < 1.29 is 0 Å². The van der Waals surface area contributed by atoms with Crippen LogP contribution in [0.4, 0.5) is 5.82 Å². The minimum absolute atomic E-state index is 0.287. The number of nitriles is 1. The van der Waals surface area contributed by atoms with Crippen LogP contribution in [0.5, 0.6) is 0 Å². The summed E-state index contributed by atoms with van der Waals surface area (Å²) in [5, 5.41) is 8.92. The standard InChI is InChI=1S/C12H12N4/c1-9-2-4-10(5-3-9)7-16-8-15-12(14)11(16)6-13/h2-5,8H,7,14H2,1H3. The first kappa shape index (κ1) is 10.2. The molecule has 1 heterocycles. The Balaban J connectivity index is 2.27. The number of benzene rings is 1.